The first-order valence-electron chi connectivity index (χ1n) is 10.5. The SMILES string of the molecule is Cn1cc(S(=O)(=O)N2CCN(S(=O)(=O)c3c[nH]c(C(=O)N4CCCC4)c3)CC2)cc1C(N)=O. The molecular weight excluding hydrogens is 472 g/mol. The van der Waals surface area contributed by atoms with Gasteiger partial charge in [-0.1, -0.05) is 0 Å². The molecule has 33 heavy (non-hydrogen) atoms. The van der Waals surface area contributed by atoms with Gasteiger partial charge in [0.2, 0.25) is 20.0 Å². The summed E-state index contributed by atoms with van der Waals surface area (Å²) in [4.78, 5) is 28.3. The molecule has 0 saturated carbocycles. The van der Waals surface area contributed by atoms with Gasteiger partial charge in [-0.2, -0.15) is 8.61 Å². The molecule has 180 valence electrons. The number of likely N-dealkylation sites (tertiary alicyclic amines) is 1. The smallest absolute Gasteiger partial charge is 0.270 e. The van der Waals surface area contributed by atoms with Gasteiger partial charge in [0.25, 0.3) is 11.8 Å². The average Bonchev–Trinajstić information content (AvgIpc) is 3.53. The van der Waals surface area contributed by atoms with Crippen molar-refractivity contribution in [3.05, 3.63) is 35.9 Å². The van der Waals surface area contributed by atoms with E-state index in [-0.39, 0.29) is 53.3 Å². The highest BCUT2D eigenvalue weighted by Gasteiger charge is 2.35. The van der Waals surface area contributed by atoms with Gasteiger partial charge in [0.1, 0.15) is 21.2 Å². The van der Waals surface area contributed by atoms with Crippen LogP contribution in [0.15, 0.2) is 34.3 Å². The van der Waals surface area contributed by atoms with E-state index in [1.54, 1.807) is 4.90 Å². The van der Waals surface area contributed by atoms with Gasteiger partial charge in [0.05, 0.1) is 0 Å². The zero-order valence-electron chi connectivity index (χ0n) is 18.1. The lowest BCUT2D eigenvalue weighted by Crippen LogP contribution is -2.50. The zero-order chi connectivity index (χ0) is 24.0. The first kappa shape index (κ1) is 23.5. The van der Waals surface area contributed by atoms with Crippen molar-refractivity contribution in [2.24, 2.45) is 12.8 Å². The van der Waals surface area contributed by atoms with Crippen LogP contribution in [0.25, 0.3) is 0 Å². The third-order valence-electron chi connectivity index (χ3n) is 5.99. The molecule has 2 aliphatic heterocycles. The van der Waals surface area contributed by atoms with Crippen LogP contribution >= 0.6 is 0 Å². The Labute approximate surface area is 192 Å². The summed E-state index contributed by atoms with van der Waals surface area (Å²) in [5.41, 5.74) is 5.53. The molecule has 0 bridgehead atoms. The molecule has 4 rings (SSSR count). The Morgan fingerprint density at radius 3 is 1.94 bits per heavy atom. The van der Waals surface area contributed by atoms with Gasteiger partial charge >= 0.3 is 0 Å². The van der Waals surface area contributed by atoms with Crippen LogP contribution in [0.2, 0.25) is 0 Å². The van der Waals surface area contributed by atoms with Gasteiger partial charge in [-0.05, 0) is 25.0 Å². The minimum absolute atomic E-state index is 0.0319. The van der Waals surface area contributed by atoms with Crippen LogP contribution in [0.4, 0.5) is 0 Å². The van der Waals surface area contributed by atoms with Crippen LogP contribution < -0.4 is 5.73 Å². The minimum Gasteiger partial charge on any atom is -0.364 e. The monoisotopic (exact) mass is 498 g/mol. The molecule has 12 nitrogen and oxygen atoms in total. The van der Waals surface area contributed by atoms with Crippen molar-refractivity contribution >= 4 is 31.9 Å². The zero-order valence-corrected chi connectivity index (χ0v) is 19.7. The number of H-pyrrole nitrogens is 1. The Hall–Kier alpha value is -2.68. The maximum atomic E-state index is 13.1. The molecule has 2 fully saturated rings. The summed E-state index contributed by atoms with van der Waals surface area (Å²) in [5.74, 6) is -0.980. The second-order valence-electron chi connectivity index (χ2n) is 8.09. The summed E-state index contributed by atoms with van der Waals surface area (Å²) >= 11 is 0. The molecule has 0 aliphatic carbocycles. The second kappa shape index (κ2) is 8.59. The summed E-state index contributed by atoms with van der Waals surface area (Å²) in [5, 5.41) is 0. The molecule has 3 N–H and O–H groups in total. The summed E-state index contributed by atoms with van der Waals surface area (Å²) < 4.78 is 55.7. The van der Waals surface area contributed by atoms with E-state index < -0.39 is 26.0 Å². The number of carbonyl (C=O) groups is 2. The highest BCUT2D eigenvalue weighted by atomic mass is 32.2. The molecule has 2 aromatic rings. The third-order valence-corrected chi connectivity index (χ3v) is 9.73. The maximum Gasteiger partial charge on any atom is 0.270 e. The van der Waals surface area contributed by atoms with E-state index in [0.29, 0.717) is 13.1 Å². The third kappa shape index (κ3) is 4.30. The predicted molar refractivity (Wildman–Crippen MR) is 117 cm³/mol. The standard InChI is InChI=1S/C19H26N6O6S2/c1-22-13-15(11-17(22)18(20)26)33(30,31)25-8-6-24(7-9-25)32(28,29)14-10-16(21-12-14)19(27)23-4-2-3-5-23/h10-13,21H,2-9H2,1H3,(H2,20,26). The number of piperazine rings is 1. The number of nitrogens with two attached hydrogens (primary N) is 1. The number of nitrogens with one attached hydrogen (secondary N) is 1. The van der Waals surface area contributed by atoms with E-state index in [1.807, 2.05) is 0 Å². The van der Waals surface area contributed by atoms with Crippen molar-refractivity contribution in [1.82, 2.24) is 23.1 Å². The molecule has 0 unspecified atom stereocenters. The highest BCUT2D eigenvalue weighted by Crippen LogP contribution is 2.24. The van der Waals surface area contributed by atoms with Crippen LogP contribution in [0.3, 0.4) is 0 Å². The number of aromatic amines is 1. The Bertz CT molecular complexity index is 1280. The Balaban J connectivity index is 1.45. The van der Waals surface area contributed by atoms with Gasteiger partial charge in [-0.25, -0.2) is 16.8 Å². The first-order valence-corrected chi connectivity index (χ1v) is 13.3. The first-order chi connectivity index (χ1) is 15.5. The molecule has 14 heteroatoms. The van der Waals surface area contributed by atoms with Crippen LogP contribution in [0.5, 0.6) is 0 Å². The topological polar surface area (TPSA) is 159 Å². The Morgan fingerprint density at radius 1 is 0.879 bits per heavy atom. The minimum atomic E-state index is -3.92. The van der Waals surface area contributed by atoms with Gasteiger partial charge in [0, 0.05) is 58.7 Å². The Kier molecular flexibility index (Phi) is 6.11. The van der Waals surface area contributed by atoms with Crippen molar-refractivity contribution in [1.29, 1.82) is 0 Å². The van der Waals surface area contributed by atoms with Crippen LogP contribution in [0.1, 0.15) is 33.8 Å². The molecule has 0 spiro atoms. The van der Waals surface area contributed by atoms with E-state index in [9.17, 15) is 26.4 Å². The van der Waals surface area contributed by atoms with Crippen LogP contribution in [-0.2, 0) is 27.1 Å². The van der Waals surface area contributed by atoms with Gasteiger partial charge in [0.15, 0.2) is 0 Å². The maximum absolute atomic E-state index is 13.1. The van der Waals surface area contributed by atoms with Crippen molar-refractivity contribution in [2.75, 3.05) is 39.3 Å². The van der Waals surface area contributed by atoms with Gasteiger partial charge in [-0.3, -0.25) is 9.59 Å². The Morgan fingerprint density at radius 2 is 1.42 bits per heavy atom. The number of aromatic nitrogens is 2. The van der Waals surface area contributed by atoms with E-state index in [0.717, 1.165) is 12.8 Å². The van der Waals surface area contributed by atoms with E-state index >= 15 is 0 Å². The van der Waals surface area contributed by atoms with E-state index in [2.05, 4.69) is 4.98 Å². The number of nitrogens with zero attached hydrogens (tertiary/aromatic N) is 4. The number of primary amides is 1. The average molecular weight is 499 g/mol. The fourth-order valence-corrected chi connectivity index (χ4v) is 7.02. The van der Waals surface area contributed by atoms with Gasteiger partial charge < -0.3 is 20.2 Å². The molecule has 0 radical (unpaired) electrons. The molecule has 2 amide bonds. The largest absolute Gasteiger partial charge is 0.364 e. The molecule has 2 aliphatic rings. The van der Waals surface area contributed by atoms with E-state index in [4.69, 9.17) is 5.73 Å². The number of amides is 2. The lowest BCUT2D eigenvalue weighted by Gasteiger charge is -2.32. The second-order valence-corrected chi connectivity index (χ2v) is 12.0. The number of aryl methyl sites for hydroxylation is 1. The number of carbonyl (C=O) groups excluding carboxylic acids is 2. The summed E-state index contributed by atoms with van der Waals surface area (Å²) in [6.45, 7) is 1.12. The quantitative estimate of drug-likeness (QED) is 0.540. The fraction of sp³-hybridized carbons (Fsp3) is 0.474. The lowest BCUT2D eigenvalue weighted by molar-refractivity contribution is 0.0787. The lowest BCUT2D eigenvalue weighted by atomic mass is 10.4. The number of hydrogen-bond acceptors (Lipinski definition) is 6. The summed E-state index contributed by atoms with van der Waals surface area (Å²) in [7, 11) is -6.30. The normalized spacial score (nSPS) is 18.6. The van der Waals surface area contributed by atoms with Crippen molar-refractivity contribution in [2.45, 2.75) is 22.6 Å². The van der Waals surface area contributed by atoms with Gasteiger partial charge in [-0.15, -0.1) is 0 Å². The molecule has 0 aromatic carbocycles. The number of hydrogen-bond donors (Lipinski definition) is 2. The van der Waals surface area contributed by atoms with Crippen molar-refractivity contribution in [3.63, 3.8) is 0 Å². The molecule has 0 atom stereocenters. The summed E-state index contributed by atoms with van der Waals surface area (Å²) in [6.07, 6.45) is 4.45. The number of sulfonamides is 2. The summed E-state index contributed by atoms with van der Waals surface area (Å²) in [6, 6.07) is 2.54. The van der Waals surface area contributed by atoms with E-state index in [1.165, 1.54) is 44.8 Å². The van der Waals surface area contributed by atoms with Crippen molar-refractivity contribution < 1.29 is 26.4 Å². The predicted octanol–water partition coefficient (Wildman–Crippen LogP) is -0.617. The highest BCUT2D eigenvalue weighted by molar-refractivity contribution is 7.89. The van der Waals surface area contributed by atoms with Crippen LogP contribution in [0, 0.1) is 0 Å². The molecular formula is C19H26N6O6S2. The molecule has 4 heterocycles. The number of rotatable bonds is 6. The van der Waals surface area contributed by atoms with Crippen molar-refractivity contribution in [3.8, 4) is 0 Å². The molecule has 2 saturated heterocycles. The van der Waals surface area contributed by atoms with Crippen LogP contribution in [-0.4, -0.2) is 91.0 Å². The fourth-order valence-electron chi connectivity index (χ4n) is 4.11. The molecule has 2 aromatic heterocycles.